The van der Waals surface area contributed by atoms with Crippen molar-refractivity contribution >= 4 is 23.1 Å². The molecule has 2 aliphatic heterocycles. The number of pyridine rings is 1. The van der Waals surface area contributed by atoms with Gasteiger partial charge in [0.1, 0.15) is 5.69 Å². The van der Waals surface area contributed by atoms with Crippen LogP contribution < -0.4 is 10.2 Å². The Morgan fingerprint density at radius 1 is 1.06 bits per heavy atom. The molecule has 2 unspecified atom stereocenters. The van der Waals surface area contributed by atoms with E-state index >= 15 is 0 Å². The number of anilines is 2. The first-order chi connectivity index (χ1) is 15.0. The summed E-state index contributed by atoms with van der Waals surface area (Å²) in [6.07, 6.45) is 1.83. The molecule has 0 saturated heterocycles. The van der Waals surface area contributed by atoms with Crippen LogP contribution in [0.5, 0.6) is 0 Å². The van der Waals surface area contributed by atoms with E-state index in [1.54, 1.807) is 35.2 Å². The van der Waals surface area contributed by atoms with Gasteiger partial charge in [0.25, 0.3) is 5.91 Å². The molecular weight excluding hydrogens is 390 g/mol. The zero-order valence-corrected chi connectivity index (χ0v) is 17.2. The van der Waals surface area contributed by atoms with Gasteiger partial charge in [-0.25, -0.2) is 0 Å². The molecule has 1 aromatic heterocycles. The van der Waals surface area contributed by atoms with Gasteiger partial charge in [0.05, 0.1) is 17.6 Å². The average Bonchev–Trinajstić information content (AvgIpc) is 3.29. The molecule has 2 atom stereocenters. The Balaban J connectivity index is 1.62. The van der Waals surface area contributed by atoms with Gasteiger partial charge in [-0.1, -0.05) is 49.4 Å². The Bertz CT molecular complexity index is 1180. The van der Waals surface area contributed by atoms with Crippen LogP contribution in [0.4, 0.5) is 11.4 Å². The number of para-hydroxylation sites is 2. The van der Waals surface area contributed by atoms with Crippen LogP contribution in [0.15, 0.2) is 72.9 Å². The minimum absolute atomic E-state index is 0.234. The number of nitrogens with zero attached hydrogens (tertiary/aromatic N) is 2. The number of ketones is 1. The third-order valence-corrected chi connectivity index (χ3v) is 6.53. The van der Waals surface area contributed by atoms with Gasteiger partial charge in [0, 0.05) is 29.6 Å². The number of hydrogen-bond donors (Lipinski definition) is 2. The summed E-state index contributed by atoms with van der Waals surface area (Å²) >= 11 is 0. The summed E-state index contributed by atoms with van der Waals surface area (Å²) in [6.45, 7) is 2.57. The number of hydrogen-bond acceptors (Lipinski definition) is 5. The standard InChI is InChI=1S/C25H23N3O3/c1-2-24(16-27-19-11-5-3-9-17(19)24)28-21-13-6-4-10-18(21)25(31,23(28)30)15-22(29)20-12-7-8-14-26-20/h3-14,27,31H,2,15-16H2,1H3. The molecule has 3 heterocycles. The highest BCUT2D eigenvalue weighted by molar-refractivity contribution is 6.11. The largest absolute Gasteiger partial charge is 0.382 e. The van der Waals surface area contributed by atoms with Gasteiger partial charge in [-0.3, -0.25) is 19.5 Å². The normalized spacial score (nSPS) is 23.9. The minimum atomic E-state index is -1.94. The molecule has 5 rings (SSSR count). The first-order valence-electron chi connectivity index (χ1n) is 10.5. The lowest BCUT2D eigenvalue weighted by Crippen LogP contribution is -2.53. The van der Waals surface area contributed by atoms with Gasteiger partial charge in [0.15, 0.2) is 11.4 Å². The molecule has 6 nitrogen and oxygen atoms in total. The highest BCUT2D eigenvalue weighted by Crippen LogP contribution is 2.52. The molecular formula is C25H23N3O3. The van der Waals surface area contributed by atoms with E-state index in [-0.39, 0.29) is 17.9 Å². The van der Waals surface area contributed by atoms with Crippen molar-refractivity contribution in [1.82, 2.24) is 4.98 Å². The molecule has 2 aliphatic rings. The molecule has 31 heavy (non-hydrogen) atoms. The monoisotopic (exact) mass is 413 g/mol. The zero-order chi connectivity index (χ0) is 21.6. The Hall–Kier alpha value is -3.51. The maximum Gasteiger partial charge on any atom is 0.265 e. The van der Waals surface area contributed by atoms with Crippen LogP contribution in [0.1, 0.15) is 41.4 Å². The maximum absolute atomic E-state index is 13.9. The molecule has 0 fully saturated rings. The molecule has 2 N–H and O–H groups in total. The van der Waals surface area contributed by atoms with E-state index in [1.807, 2.05) is 43.3 Å². The van der Waals surface area contributed by atoms with Crippen LogP contribution >= 0.6 is 0 Å². The summed E-state index contributed by atoms with van der Waals surface area (Å²) in [4.78, 5) is 32.6. The van der Waals surface area contributed by atoms with Gasteiger partial charge in [-0.2, -0.15) is 0 Å². The summed E-state index contributed by atoms with van der Waals surface area (Å²) < 4.78 is 0. The summed E-state index contributed by atoms with van der Waals surface area (Å²) in [6, 6.07) is 20.2. The second-order valence-electron chi connectivity index (χ2n) is 8.12. The number of benzene rings is 2. The number of amides is 1. The molecule has 2 aromatic carbocycles. The molecule has 0 saturated carbocycles. The quantitative estimate of drug-likeness (QED) is 0.625. The number of rotatable bonds is 5. The predicted octanol–water partition coefficient (Wildman–Crippen LogP) is 3.62. The van der Waals surface area contributed by atoms with Crippen molar-refractivity contribution in [1.29, 1.82) is 0 Å². The highest BCUT2D eigenvalue weighted by atomic mass is 16.3. The summed E-state index contributed by atoms with van der Waals surface area (Å²) in [5.41, 5.74) is 0.742. The van der Waals surface area contributed by atoms with Gasteiger partial charge >= 0.3 is 0 Å². The lowest BCUT2D eigenvalue weighted by molar-refractivity contribution is -0.137. The minimum Gasteiger partial charge on any atom is -0.382 e. The molecule has 0 radical (unpaired) electrons. The number of fused-ring (bicyclic) bond motifs is 2. The molecule has 1 amide bonds. The van der Waals surface area contributed by atoms with Crippen molar-refractivity contribution in [3.63, 3.8) is 0 Å². The van der Waals surface area contributed by atoms with E-state index in [1.165, 1.54) is 6.20 Å². The van der Waals surface area contributed by atoms with Crippen LogP contribution in [-0.2, 0) is 15.9 Å². The van der Waals surface area contributed by atoms with Crippen molar-refractivity contribution < 1.29 is 14.7 Å². The summed E-state index contributed by atoms with van der Waals surface area (Å²) in [5.74, 6) is -0.845. The second kappa shape index (κ2) is 7.03. The lowest BCUT2D eigenvalue weighted by atomic mass is 9.86. The molecule has 156 valence electrons. The van der Waals surface area contributed by atoms with Gasteiger partial charge < -0.3 is 10.4 Å². The van der Waals surface area contributed by atoms with E-state index in [9.17, 15) is 14.7 Å². The molecule has 0 bridgehead atoms. The fourth-order valence-electron chi connectivity index (χ4n) is 4.93. The van der Waals surface area contributed by atoms with Crippen molar-refractivity contribution in [2.45, 2.75) is 30.9 Å². The van der Waals surface area contributed by atoms with Crippen molar-refractivity contribution in [3.8, 4) is 0 Å². The molecule has 6 heteroatoms. The van der Waals surface area contributed by atoms with Crippen molar-refractivity contribution in [2.75, 3.05) is 16.8 Å². The fourth-order valence-corrected chi connectivity index (χ4v) is 4.93. The smallest absolute Gasteiger partial charge is 0.265 e. The maximum atomic E-state index is 13.9. The Labute approximate surface area is 180 Å². The Kier molecular flexibility index (Phi) is 4.41. The van der Waals surface area contributed by atoms with Gasteiger partial charge in [-0.15, -0.1) is 0 Å². The molecule has 3 aromatic rings. The SMILES string of the molecule is CCC1(N2C(=O)C(O)(CC(=O)c3ccccn3)c3ccccc32)CNc2ccccc21. The number of Topliss-reactive ketones (excluding diaryl/α,β-unsaturated/α-hetero) is 1. The topological polar surface area (TPSA) is 82.5 Å². The van der Waals surface area contributed by atoms with Crippen LogP contribution in [0.2, 0.25) is 0 Å². The van der Waals surface area contributed by atoms with Crippen molar-refractivity contribution in [3.05, 3.63) is 89.7 Å². The third-order valence-electron chi connectivity index (χ3n) is 6.53. The number of aliphatic hydroxyl groups is 1. The van der Waals surface area contributed by atoms with E-state index in [4.69, 9.17) is 0 Å². The predicted molar refractivity (Wildman–Crippen MR) is 118 cm³/mol. The highest BCUT2D eigenvalue weighted by Gasteiger charge is 2.58. The Morgan fingerprint density at radius 2 is 1.77 bits per heavy atom. The summed E-state index contributed by atoms with van der Waals surface area (Å²) in [7, 11) is 0. The number of carbonyl (C=O) groups is 2. The summed E-state index contributed by atoms with van der Waals surface area (Å²) in [5, 5.41) is 15.1. The third kappa shape index (κ3) is 2.72. The van der Waals surface area contributed by atoms with E-state index in [0.717, 1.165) is 11.3 Å². The van der Waals surface area contributed by atoms with E-state index < -0.39 is 17.0 Å². The zero-order valence-electron chi connectivity index (χ0n) is 17.2. The molecule has 0 aliphatic carbocycles. The average molecular weight is 413 g/mol. The van der Waals surface area contributed by atoms with Gasteiger partial charge in [0.2, 0.25) is 0 Å². The molecule has 0 spiro atoms. The Morgan fingerprint density at radius 3 is 2.52 bits per heavy atom. The van der Waals surface area contributed by atoms with E-state index in [0.29, 0.717) is 24.2 Å². The number of nitrogens with one attached hydrogen (secondary N) is 1. The number of aromatic nitrogens is 1. The van der Waals surface area contributed by atoms with Gasteiger partial charge in [-0.05, 0) is 30.7 Å². The first-order valence-corrected chi connectivity index (χ1v) is 10.5. The second-order valence-corrected chi connectivity index (χ2v) is 8.12. The van der Waals surface area contributed by atoms with Crippen LogP contribution in [0.25, 0.3) is 0 Å². The lowest BCUT2D eigenvalue weighted by Gasteiger charge is -2.39. The van der Waals surface area contributed by atoms with Crippen LogP contribution in [0.3, 0.4) is 0 Å². The number of carbonyl (C=O) groups excluding carboxylic acids is 2. The van der Waals surface area contributed by atoms with Crippen LogP contribution in [-0.4, -0.2) is 28.3 Å². The van der Waals surface area contributed by atoms with Crippen molar-refractivity contribution in [2.24, 2.45) is 0 Å². The van der Waals surface area contributed by atoms with Crippen LogP contribution in [0, 0.1) is 0 Å². The van der Waals surface area contributed by atoms with E-state index in [2.05, 4.69) is 10.3 Å². The first kappa shape index (κ1) is 19.5. The fraction of sp³-hybridized carbons (Fsp3) is 0.240.